The number of carbonyl (C=O) groups is 1. The van der Waals surface area contributed by atoms with Crippen molar-refractivity contribution in [3.63, 3.8) is 0 Å². The van der Waals surface area contributed by atoms with Gasteiger partial charge in [-0.2, -0.15) is 0 Å². The summed E-state index contributed by atoms with van der Waals surface area (Å²) in [5.74, 6) is 0.730. The zero-order valence-corrected chi connectivity index (χ0v) is 15.3. The summed E-state index contributed by atoms with van der Waals surface area (Å²) in [4.78, 5) is 15.9. The van der Waals surface area contributed by atoms with Gasteiger partial charge in [-0.1, -0.05) is 18.2 Å². The van der Waals surface area contributed by atoms with Crippen molar-refractivity contribution in [1.82, 2.24) is 10.2 Å². The highest BCUT2D eigenvalue weighted by atomic mass is 79.9. The lowest BCUT2D eigenvalue weighted by molar-refractivity contribution is 0.0622. The lowest BCUT2D eigenvalue weighted by atomic mass is 9.84. The predicted molar refractivity (Wildman–Crippen MR) is 97.2 cm³/mol. The Kier molecular flexibility index (Phi) is 4.78. The number of halogens is 2. The van der Waals surface area contributed by atoms with Crippen LogP contribution in [0.25, 0.3) is 10.1 Å². The number of piperidine rings is 3. The lowest BCUT2D eigenvalue weighted by Gasteiger charge is -2.44. The number of nitrogens with one attached hydrogen (secondary N) is 1. The molecular formula is C16H18BrClN2OS. The van der Waals surface area contributed by atoms with Crippen molar-refractivity contribution in [3.05, 3.63) is 33.6 Å². The Morgan fingerprint density at radius 3 is 2.64 bits per heavy atom. The molecule has 1 aromatic heterocycles. The van der Waals surface area contributed by atoms with Gasteiger partial charge >= 0.3 is 0 Å². The Bertz CT molecular complexity index is 697. The summed E-state index contributed by atoms with van der Waals surface area (Å²) in [6.45, 7) is 3.41. The van der Waals surface area contributed by atoms with Crippen LogP contribution in [0.15, 0.2) is 28.7 Å². The van der Waals surface area contributed by atoms with Crippen LogP contribution in [0.5, 0.6) is 0 Å². The van der Waals surface area contributed by atoms with E-state index in [2.05, 4.69) is 38.3 Å². The Morgan fingerprint density at radius 1 is 1.27 bits per heavy atom. The maximum atomic E-state index is 12.6. The summed E-state index contributed by atoms with van der Waals surface area (Å²) >= 11 is 5.17. The molecule has 1 aromatic carbocycles. The fraction of sp³-hybridized carbons (Fsp3) is 0.438. The highest BCUT2D eigenvalue weighted by molar-refractivity contribution is 9.10. The molecule has 5 rings (SSSR count). The second-order valence-electron chi connectivity index (χ2n) is 5.96. The van der Waals surface area contributed by atoms with E-state index in [0.717, 1.165) is 26.0 Å². The molecule has 3 aliphatic heterocycles. The van der Waals surface area contributed by atoms with Gasteiger partial charge in [0.25, 0.3) is 5.91 Å². The van der Waals surface area contributed by atoms with Gasteiger partial charge in [0, 0.05) is 27.1 Å². The van der Waals surface area contributed by atoms with Crippen LogP contribution in [-0.2, 0) is 0 Å². The van der Waals surface area contributed by atoms with Gasteiger partial charge in [0.05, 0.1) is 0 Å². The van der Waals surface area contributed by atoms with Gasteiger partial charge in [0.1, 0.15) is 4.88 Å². The Balaban J connectivity index is 0.00000144. The van der Waals surface area contributed by atoms with Crippen LogP contribution in [0.3, 0.4) is 0 Å². The average Bonchev–Trinajstić information content (AvgIpc) is 2.86. The van der Waals surface area contributed by atoms with Crippen molar-refractivity contribution in [2.24, 2.45) is 5.92 Å². The SMILES string of the molecule is Cl.O=C(N[C@H]1CN2CCC1CC2)c1sc2ccccc2c1Br. The minimum Gasteiger partial charge on any atom is -0.347 e. The van der Waals surface area contributed by atoms with Crippen LogP contribution >= 0.6 is 39.7 Å². The van der Waals surface area contributed by atoms with Crippen LogP contribution in [0, 0.1) is 5.92 Å². The highest BCUT2D eigenvalue weighted by Crippen LogP contribution is 2.36. The van der Waals surface area contributed by atoms with Crippen molar-refractivity contribution in [2.75, 3.05) is 19.6 Å². The normalized spacial score (nSPS) is 26.7. The fourth-order valence-electron chi connectivity index (χ4n) is 3.52. The Hall–Kier alpha value is -0.620. The number of hydrogen-bond donors (Lipinski definition) is 1. The summed E-state index contributed by atoms with van der Waals surface area (Å²) < 4.78 is 2.09. The minimum atomic E-state index is 0. The van der Waals surface area contributed by atoms with Crippen LogP contribution in [0.2, 0.25) is 0 Å². The molecule has 3 saturated heterocycles. The van der Waals surface area contributed by atoms with Gasteiger partial charge in [-0.15, -0.1) is 23.7 Å². The number of carbonyl (C=O) groups excluding carboxylic acids is 1. The molecule has 0 aliphatic carbocycles. The molecule has 118 valence electrons. The third kappa shape index (κ3) is 2.80. The van der Waals surface area contributed by atoms with Gasteiger partial charge in [-0.05, 0) is 53.8 Å². The Labute approximate surface area is 148 Å². The van der Waals surface area contributed by atoms with Gasteiger partial charge in [0.2, 0.25) is 0 Å². The first kappa shape index (κ1) is 16.2. The predicted octanol–water partition coefficient (Wildman–Crippen LogP) is 3.91. The van der Waals surface area contributed by atoms with Gasteiger partial charge in [-0.25, -0.2) is 0 Å². The van der Waals surface area contributed by atoms with Crippen molar-refractivity contribution in [3.8, 4) is 0 Å². The van der Waals surface area contributed by atoms with Gasteiger partial charge in [-0.3, -0.25) is 4.79 Å². The summed E-state index contributed by atoms with van der Waals surface area (Å²) in [6, 6.07) is 8.46. The molecule has 3 nitrogen and oxygen atoms in total. The summed E-state index contributed by atoms with van der Waals surface area (Å²) in [5, 5.41) is 4.39. The topological polar surface area (TPSA) is 32.3 Å². The molecule has 2 aromatic rings. The molecule has 4 heterocycles. The molecule has 0 spiro atoms. The van der Waals surface area contributed by atoms with E-state index < -0.39 is 0 Å². The number of hydrogen-bond acceptors (Lipinski definition) is 3. The maximum absolute atomic E-state index is 12.6. The van der Waals surface area contributed by atoms with Crippen LogP contribution in [0.4, 0.5) is 0 Å². The summed E-state index contributed by atoms with van der Waals surface area (Å²) in [7, 11) is 0. The highest BCUT2D eigenvalue weighted by Gasteiger charge is 2.35. The maximum Gasteiger partial charge on any atom is 0.262 e. The first-order valence-electron chi connectivity index (χ1n) is 7.42. The monoisotopic (exact) mass is 400 g/mol. The Morgan fingerprint density at radius 2 is 2.00 bits per heavy atom. The molecule has 1 amide bonds. The van der Waals surface area contributed by atoms with Crippen molar-refractivity contribution in [2.45, 2.75) is 18.9 Å². The van der Waals surface area contributed by atoms with E-state index in [1.54, 1.807) is 11.3 Å². The molecule has 3 aliphatic rings. The largest absolute Gasteiger partial charge is 0.347 e. The molecule has 2 bridgehead atoms. The first-order valence-corrected chi connectivity index (χ1v) is 9.03. The summed E-state index contributed by atoms with van der Waals surface area (Å²) in [6.07, 6.45) is 2.44. The van der Waals surface area contributed by atoms with E-state index in [1.807, 2.05) is 12.1 Å². The van der Waals surface area contributed by atoms with E-state index in [4.69, 9.17) is 0 Å². The third-order valence-electron chi connectivity index (χ3n) is 4.71. The summed E-state index contributed by atoms with van der Waals surface area (Å²) in [5.41, 5.74) is 0. The van der Waals surface area contributed by atoms with E-state index >= 15 is 0 Å². The number of benzene rings is 1. The molecule has 0 radical (unpaired) electrons. The minimum absolute atomic E-state index is 0. The molecule has 0 unspecified atom stereocenters. The fourth-order valence-corrected chi connectivity index (χ4v) is 5.42. The van der Waals surface area contributed by atoms with Crippen LogP contribution in [0.1, 0.15) is 22.5 Å². The average molecular weight is 402 g/mol. The molecule has 1 atom stereocenters. The third-order valence-corrected chi connectivity index (χ3v) is 6.97. The van der Waals surface area contributed by atoms with E-state index in [0.29, 0.717) is 12.0 Å². The van der Waals surface area contributed by atoms with Gasteiger partial charge in [0.15, 0.2) is 0 Å². The van der Waals surface area contributed by atoms with Gasteiger partial charge < -0.3 is 10.2 Å². The molecule has 0 saturated carbocycles. The van der Waals surface area contributed by atoms with E-state index in [9.17, 15) is 4.79 Å². The quantitative estimate of drug-likeness (QED) is 0.827. The molecule has 3 fully saturated rings. The number of rotatable bonds is 2. The van der Waals surface area contributed by atoms with Crippen LogP contribution < -0.4 is 5.32 Å². The zero-order chi connectivity index (χ0) is 14.4. The lowest BCUT2D eigenvalue weighted by Crippen LogP contribution is -2.57. The van der Waals surface area contributed by atoms with Crippen molar-refractivity contribution < 1.29 is 4.79 Å². The number of thiophene rings is 1. The number of amides is 1. The van der Waals surface area contributed by atoms with Crippen molar-refractivity contribution in [1.29, 1.82) is 0 Å². The smallest absolute Gasteiger partial charge is 0.262 e. The molecular weight excluding hydrogens is 384 g/mol. The molecule has 6 heteroatoms. The molecule has 22 heavy (non-hydrogen) atoms. The number of nitrogens with zero attached hydrogens (tertiary/aromatic N) is 1. The van der Waals surface area contributed by atoms with E-state index in [1.165, 1.54) is 25.9 Å². The van der Waals surface area contributed by atoms with Crippen molar-refractivity contribution >= 4 is 55.7 Å². The van der Waals surface area contributed by atoms with E-state index in [-0.39, 0.29) is 18.3 Å². The second kappa shape index (κ2) is 6.48. The first-order chi connectivity index (χ1) is 10.2. The molecule has 1 N–H and O–H groups in total. The zero-order valence-electron chi connectivity index (χ0n) is 12.0. The standard InChI is InChI=1S/C16H17BrN2OS.ClH/c17-14-11-3-1-2-4-13(11)21-15(14)16(20)18-12-9-19-7-5-10(12)6-8-19;/h1-4,10,12H,5-9H2,(H,18,20);1H/t12-;/m0./s1. The number of fused-ring (bicyclic) bond motifs is 4. The second-order valence-corrected chi connectivity index (χ2v) is 7.80. The van der Waals surface area contributed by atoms with Crippen LogP contribution in [-0.4, -0.2) is 36.5 Å².